The van der Waals surface area contributed by atoms with E-state index in [1.54, 1.807) is 0 Å². The van der Waals surface area contributed by atoms with Crippen molar-refractivity contribution in [2.75, 3.05) is 6.61 Å². The highest BCUT2D eigenvalue weighted by atomic mass is 28.4. The molecular weight excluding hydrogens is 380 g/mol. The number of aliphatic hydroxyl groups excluding tert-OH is 2. The Morgan fingerprint density at radius 1 is 0.862 bits per heavy atom. The predicted molar refractivity (Wildman–Crippen MR) is 126 cm³/mol. The van der Waals surface area contributed by atoms with Gasteiger partial charge in [0.1, 0.15) is 12.2 Å². The molecule has 0 aliphatic carbocycles. The molecule has 2 unspecified atom stereocenters. The summed E-state index contributed by atoms with van der Waals surface area (Å²) in [4.78, 5) is 12.0. The molecule has 5 heteroatoms. The minimum atomic E-state index is -1.75. The topological polar surface area (TPSA) is 66.8 Å². The molecule has 0 aromatic rings. The second-order valence-electron chi connectivity index (χ2n) is 8.88. The number of hydrogen-bond donors (Lipinski definition) is 2. The van der Waals surface area contributed by atoms with Crippen molar-refractivity contribution in [3.05, 3.63) is 24.3 Å². The number of unbranched alkanes of at least 4 members (excludes halogenated alkanes) is 8. The smallest absolute Gasteiger partial charge is 0.183 e. The van der Waals surface area contributed by atoms with Crippen LogP contribution in [0.3, 0.4) is 0 Å². The van der Waals surface area contributed by atoms with Crippen LogP contribution in [0.1, 0.15) is 84.0 Å². The normalized spacial score (nSPS) is 14.7. The minimum absolute atomic E-state index is 0.0325. The first-order chi connectivity index (χ1) is 13.8. The van der Waals surface area contributed by atoms with Crippen LogP contribution in [0.2, 0.25) is 19.6 Å². The van der Waals surface area contributed by atoms with E-state index in [1.165, 1.54) is 38.5 Å². The summed E-state index contributed by atoms with van der Waals surface area (Å²) in [6.07, 6.45) is 19.4. The highest BCUT2D eigenvalue weighted by Gasteiger charge is 2.26. The van der Waals surface area contributed by atoms with Gasteiger partial charge in [-0.15, -0.1) is 0 Å². The third kappa shape index (κ3) is 19.0. The van der Waals surface area contributed by atoms with Gasteiger partial charge >= 0.3 is 0 Å². The number of aliphatic hydroxyl groups is 2. The monoisotopic (exact) mass is 426 g/mol. The van der Waals surface area contributed by atoms with Crippen LogP contribution in [0.5, 0.6) is 0 Å². The number of allylic oxidation sites excluding steroid dienone is 4. The lowest BCUT2D eigenvalue weighted by molar-refractivity contribution is -0.134. The third-order valence-electron chi connectivity index (χ3n) is 4.76. The molecule has 29 heavy (non-hydrogen) atoms. The summed E-state index contributed by atoms with van der Waals surface area (Å²) in [7, 11) is -1.75. The molecule has 0 radical (unpaired) electrons. The van der Waals surface area contributed by atoms with Crippen LogP contribution < -0.4 is 0 Å². The van der Waals surface area contributed by atoms with Gasteiger partial charge in [0.15, 0.2) is 14.1 Å². The second kappa shape index (κ2) is 18.1. The van der Waals surface area contributed by atoms with Crippen molar-refractivity contribution in [3.8, 4) is 0 Å². The molecule has 0 amide bonds. The van der Waals surface area contributed by atoms with E-state index in [0.29, 0.717) is 6.42 Å². The van der Waals surface area contributed by atoms with Gasteiger partial charge < -0.3 is 14.6 Å². The maximum absolute atomic E-state index is 12.0. The average Bonchev–Trinajstić information content (AvgIpc) is 2.67. The summed E-state index contributed by atoms with van der Waals surface area (Å²) >= 11 is 0. The van der Waals surface area contributed by atoms with Gasteiger partial charge in [-0.3, -0.25) is 4.79 Å². The first-order valence-corrected chi connectivity index (χ1v) is 15.0. The number of hydrogen-bond acceptors (Lipinski definition) is 4. The molecule has 0 bridgehead atoms. The SMILES string of the molecule is CCCCC/C=C\C/C=C\CCCCCCCC(=O)C(O)C(O)CO[Si](C)(C)C. The maximum atomic E-state index is 12.0. The Bertz CT molecular complexity index is 454. The van der Waals surface area contributed by atoms with Crippen LogP contribution in [0.25, 0.3) is 0 Å². The summed E-state index contributed by atoms with van der Waals surface area (Å²) in [5.74, 6) is -0.276. The fourth-order valence-electron chi connectivity index (χ4n) is 2.90. The molecule has 0 fully saturated rings. The van der Waals surface area contributed by atoms with Gasteiger partial charge in [0.2, 0.25) is 0 Å². The van der Waals surface area contributed by atoms with Gasteiger partial charge in [-0.05, 0) is 58.2 Å². The lowest BCUT2D eigenvalue weighted by atomic mass is 10.0. The molecule has 0 spiro atoms. The van der Waals surface area contributed by atoms with Crippen molar-refractivity contribution in [1.29, 1.82) is 0 Å². The van der Waals surface area contributed by atoms with Gasteiger partial charge in [-0.1, -0.05) is 63.3 Å². The molecule has 170 valence electrons. The Kier molecular flexibility index (Phi) is 17.6. The lowest BCUT2D eigenvalue weighted by Crippen LogP contribution is -2.40. The summed E-state index contributed by atoms with van der Waals surface area (Å²) in [6, 6.07) is 0. The Hall–Kier alpha value is -0.753. The van der Waals surface area contributed by atoms with Gasteiger partial charge in [-0.25, -0.2) is 0 Å². The zero-order chi connectivity index (χ0) is 22.0. The van der Waals surface area contributed by atoms with E-state index in [4.69, 9.17) is 4.43 Å². The largest absolute Gasteiger partial charge is 0.415 e. The second-order valence-corrected chi connectivity index (χ2v) is 13.4. The molecule has 0 aliphatic heterocycles. The van der Waals surface area contributed by atoms with Crippen LogP contribution in [0, 0.1) is 0 Å². The van der Waals surface area contributed by atoms with E-state index < -0.39 is 20.5 Å². The first-order valence-electron chi connectivity index (χ1n) is 11.6. The highest BCUT2D eigenvalue weighted by Crippen LogP contribution is 2.11. The summed E-state index contributed by atoms with van der Waals surface area (Å²) < 4.78 is 5.56. The standard InChI is InChI=1S/C24H46O4Si/c1-5-6-7-8-9-10-11-12-13-14-15-16-17-18-19-20-22(25)24(27)23(26)21-28-29(2,3)4/h9-10,12-13,23-24,26-27H,5-8,11,14-21H2,1-4H3/b10-9-,13-12-. The Labute approximate surface area is 180 Å². The van der Waals surface area contributed by atoms with Crippen molar-refractivity contribution >= 4 is 14.1 Å². The maximum Gasteiger partial charge on any atom is 0.183 e. The van der Waals surface area contributed by atoms with Crippen LogP contribution >= 0.6 is 0 Å². The van der Waals surface area contributed by atoms with Gasteiger partial charge in [0.05, 0.1) is 6.61 Å². The lowest BCUT2D eigenvalue weighted by Gasteiger charge is -2.22. The van der Waals surface area contributed by atoms with Gasteiger partial charge in [-0.2, -0.15) is 0 Å². The first kappa shape index (κ1) is 28.2. The third-order valence-corrected chi connectivity index (χ3v) is 5.79. The molecule has 0 rings (SSSR count). The summed E-state index contributed by atoms with van der Waals surface area (Å²) in [6.45, 7) is 8.29. The van der Waals surface area contributed by atoms with E-state index in [1.807, 2.05) is 19.6 Å². The summed E-state index contributed by atoms with van der Waals surface area (Å²) in [5, 5.41) is 19.8. The van der Waals surface area contributed by atoms with Crippen molar-refractivity contribution in [3.63, 3.8) is 0 Å². The van der Waals surface area contributed by atoms with Crippen molar-refractivity contribution in [2.45, 2.75) is 116 Å². The van der Waals surface area contributed by atoms with Crippen molar-refractivity contribution in [1.82, 2.24) is 0 Å². The molecule has 2 N–H and O–H groups in total. The van der Waals surface area contributed by atoms with Gasteiger partial charge in [0.25, 0.3) is 0 Å². The number of carbonyl (C=O) groups is 1. The van der Waals surface area contributed by atoms with Crippen molar-refractivity contribution in [2.24, 2.45) is 0 Å². The Balaban J connectivity index is 3.59. The zero-order valence-corrected chi connectivity index (χ0v) is 20.4. The quantitative estimate of drug-likeness (QED) is 0.152. The number of carbonyl (C=O) groups excluding carboxylic acids is 1. The predicted octanol–water partition coefficient (Wildman–Crippen LogP) is 5.94. The molecule has 0 saturated heterocycles. The van der Waals surface area contributed by atoms with E-state index in [2.05, 4.69) is 31.2 Å². The van der Waals surface area contributed by atoms with Crippen LogP contribution in [-0.4, -0.2) is 43.1 Å². The molecule has 0 aromatic heterocycles. The van der Waals surface area contributed by atoms with Crippen LogP contribution in [0.4, 0.5) is 0 Å². The molecule has 0 aromatic carbocycles. The molecule has 4 nitrogen and oxygen atoms in total. The minimum Gasteiger partial charge on any atom is -0.415 e. The molecule has 2 atom stereocenters. The molecule has 0 aliphatic rings. The summed E-state index contributed by atoms with van der Waals surface area (Å²) in [5.41, 5.74) is 0. The Morgan fingerprint density at radius 3 is 2.00 bits per heavy atom. The molecular formula is C24H46O4Si. The fraction of sp³-hybridized carbons (Fsp3) is 0.792. The number of ketones is 1. The van der Waals surface area contributed by atoms with Gasteiger partial charge in [0, 0.05) is 6.42 Å². The van der Waals surface area contributed by atoms with E-state index in [0.717, 1.165) is 32.1 Å². The zero-order valence-electron chi connectivity index (χ0n) is 19.4. The van der Waals surface area contributed by atoms with Crippen LogP contribution in [0.15, 0.2) is 24.3 Å². The number of rotatable bonds is 19. The van der Waals surface area contributed by atoms with E-state index >= 15 is 0 Å². The number of Topliss-reactive ketones (excluding diaryl/α,β-unsaturated/α-hetero) is 1. The molecule has 0 heterocycles. The molecule has 0 saturated carbocycles. The van der Waals surface area contributed by atoms with Crippen molar-refractivity contribution < 1.29 is 19.4 Å². The Morgan fingerprint density at radius 2 is 1.41 bits per heavy atom. The van der Waals surface area contributed by atoms with Crippen LogP contribution in [-0.2, 0) is 9.22 Å². The van der Waals surface area contributed by atoms with E-state index in [-0.39, 0.29) is 12.4 Å². The average molecular weight is 427 g/mol. The van der Waals surface area contributed by atoms with E-state index in [9.17, 15) is 15.0 Å². The fourth-order valence-corrected chi connectivity index (χ4v) is 3.57. The highest BCUT2D eigenvalue weighted by molar-refractivity contribution is 6.69.